The summed E-state index contributed by atoms with van der Waals surface area (Å²) in [5.41, 5.74) is 0.705. The van der Waals surface area contributed by atoms with Gasteiger partial charge in [0.25, 0.3) is 5.91 Å². The lowest BCUT2D eigenvalue weighted by atomic mass is 9.91. The van der Waals surface area contributed by atoms with Crippen molar-refractivity contribution in [3.63, 3.8) is 0 Å². The molecule has 3 atom stereocenters. The van der Waals surface area contributed by atoms with Gasteiger partial charge in [0.2, 0.25) is 5.91 Å². The summed E-state index contributed by atoms with van der Waals surface area (Å²) in [5.74, 6) is 1.43. The van der Waals surface area contributed by atoms with Crippen LogP contribution in [0.4, 0.5) is 0 Å². The van der Waals surface area contributed by atoms with Gasteiger partial charge in [0, 0.05) is 37.8 Å². The Bertz CT molecular complexity index is 630. The molecule has 2 fully saturated rings. The molecule has 1 aromatic rings. The van der Waals surface area contributed by atoms with E-state index in [1.807, 2.05) is 37.3 Å². The predicted molar refractivity (Wildman–Crippen MR) is 107 cm³/mol. The number of piperidine rings is 2. The molecule has 2 aliphatic rings. The van der Waals surface area contributed by atoms with E-state index < -0.39 is 0 Å². The summed E-state index contributed by atoms with van der Waals surface area (Å²) in [6, 6.07) is 9.47. The van der Waals surface area contributed by atoms with Crippen LogP contribution in [0.1, 0.15) is 50.4 Å². The third-order valence-corrected chi connectivity index (χ3v) is 5.99. The molecule has 5 nitrogen and oxygen atoms in total. The highest BCUT2D eigenvalue weighted by Gasteiger charge is 2.32. The lowest BCUT2D eigenvalue weighted by molar-refractivity contribution is -0.139. The van der Waals surface area contributed by atoms with Crippen molar-refractivity contribution in [2.75, 3.05) is 26.2 Å². The molecule has 1 N–H and O–H groups in total. The van der Waals surface area contributed by atoms with E-state index in [2.05, 4.69) is 29.0 Å². The third kappa shape index (κ3) is 5.10. The Morgan fingerprint density at radius 2 is 1.63 bits per heavy atom. The summed E-state index contributed by atoms with van der Waals surface area (Å²) in [5, 5.41) is 3.14. The van der Waals surface area contributed by atoms with E-state index >= 15 is 0 Å². The molecule has 2 heterocycles. The summed E-state index contributed by atoms with van der Waals surface area (Å²) in [6.45, 7) is 9.99. The minimum absolute atomic E-state index is 0.00512. The fourth-order valence-electron chi connectivity index (χ4n) is 4.55. The zero-order valence-electron chi connectivity index (χ0n) is 16.9. The predicted octanol–water partition coefficient (Wildman–Crippen LogP) is 2.77. The molecule has 0 saturated carbocycles. The van der Waals surface area contributed by atoms with Crippen molar-refractivity contribution in [3.8, 4) is 0 Å². The molecule has 0 aliphatic carbocycles. The number of likely N-dealkylation sites (tertiary alicyclic amines) is 2. The molecule has 27 heavy (non-hydrogen) atoms. The molecule has 148 valence electrons. The summed E-state index contributed by atoms with van der Waals surface area (Å²) in [7, 11) is 0. The fraction of sp³-hybridized carbons (Fsp3) is 0.636. The van der Waals surface area contributed by atoms with Crippen LogP contribution in [0.25, 0.3) is 0 Å². The Balaban J connectivity index is 1.48. The first kappa shape index (κ1) is 19.9. The standard InChI is InChI=1S/C22H33N3O2/c1-16-13-17(2)15-25(14-16)22(27)18(3)24-11-9-20(10-12-24)23-21(26)19-7-5-4-6-8-19/h4-8,16-18,20H,9-15H2,1-3H3,(H,23,26). The zero-order chi connectivity index (χ0) is 19.4. The maximum atomic E-state index is 12.9. The van der Waals surface area contributed by atoms with Gasteiger partial charge in [0.05, 0.1) is 6.04 Å². The van der Waals surface area contributed by atoms with Crippen LogP contribution in [0.2, 0.25) is 0 Å². The molecule has 0 radical (unpaired) electrons. The van der Waals surface area contributed by atoms with E-state index in [0.717, 1.165) is 39.0 Å². The number of benzene rings is 1. The number of rotatable bonds is 4. The van der Waals surface area contributed by atoms with Crippen LogP contribution in [-0.4, -0.2) is 59.9 Å². The molecular weight excluding hydrogens is 338 g/mol. The fourth-order valence-corrected chi connectivity index (χ4v) is 4.55. The van der Waals surface area contributed by atoms with Gasteiger partial charge in [-0.05, 0) is 50.2 Å². The maximum absolute atomic E-state index is 12.9. The molecule has 0 aromatic heterocycles. The first-order valence-corrected chi connectivity index (χ1v) is 10.3. The van der Waals surface area contributed by atoms with Gasteiger partial charge in [-0.15, -0.1) is 0 Å². The monoisotopic (exact) mass is 371 g/mol. The quantitative estimate of drug-likeness (QED) is 0.885. The second kappa shape index (κ2) is 8.87. The topological polar surface area (TPSA) is 52.7 Å². The van der Waals surface area contributed by atoms with Crippen molar-refractivity contribution < 1.29 is 9.59 Å². The smallest absolute Gasteiger partial charge is 0.251 e. The molecule has 5 heteroatoms. The largest absolute Gasteiger partial charge is 0.349 e. The van der Waals surface area contributed by atoms with Crippen LogP contribution >= 0.6 is 0 Å². The number of carbonyl (C=O) groups excluding carboxylic acids is 2. The second-order valence-electron chi connectivity index (χ2n) is 8.51. The minimum Gasteiger partial charge on any atom is -0.349 e. The highest BCUT2D eigenvalue weighted by atomic mass is 16.2. The average molecular weight is 372 g/mol. The van der Waals surface area contributed by atoms with E-state index in [9.17, 15) is 9.59 Å². The van der Waals surface area contributed by atoms with Gasteiger partial charge < -0.3 is 10.2 Å². The third-order valence-electron chi connectivity index (χ3n) is 5.99. The Morgan fingerprint density at radius 1 is 1.04 bits per heavy atom. The molecular formula is C22H33N3O2. The molecule has 0 spiro atoms. The molecule has 2 amide bonds. The van der Waals surface area contributed by atoms with Crippen LogP contribution in [0.5, 0.6) is 0 Å². The van der Waals surface area contributed by atoms with Crippen molar-refractivity contribution >= 4 is 11.8 Å². The number of nitrogens with one attached hydrogen (secondary N) is 1. The average Bonchev–Trinajstić information content (AvgIpc) is 2.67. The number of hydrogen-bond acceptors (Lipinski definition) is 3. The van der Waals surface area contributed by atoms with Crippen LogP contribution in [0.3, 0.4) is 0 Å². The van der Waals surface area contributed by atoms with Crippen molar-refractivity contribution in [1.29, 1.82) is 0 Å². The number of amides is 2. The van der Waals surface area contributed by atoms with E-state index in [0.29, 0.717) is 17.4 Å². The Hall–Kier alpha value is -1.88. The van der Waals surface area contributed by atoms with E-state index in [4.69, 9.17) is 0 Å². The van der Waals surface area contributed by atoms with Gasteiger partial charge in [0.15, 0.2) is 0 Å². The molecule has 0 bridgehead atoms. The summed E-state index contributed by atoms with van der Waals surface area (Å²) in [6.07, 6.45) is 3.00. The number of hydrogen-bond donors (Lipinski definition) is 1. The molecule has 2 saturated heterocycles. The molecule has 2 aliphatic heterocycles. The Morgan fingerprint density at radius 3 is 2.22 bits per heavy atom. The van der Waals surface area contributed by atoms with Gasteiger partial charge >= 0.3 is 0 Å². The number of nitrogens with zero attached hydrogens (tertiary/aromatic N) is 2. The van der Waals surface area contributed by atoms with Crippen LogP contribution in [0.15, 0.2) is 30.3 Å². The van der Waals surface area contributed by atoms with Crippen molar-refractivity contribution in [2.24, 2.45) is 11.8 Å². The van der Waals surface area contributed by atoms with Crippen molar-refractivity contribution in [1.82, 2.24) is 15.1 Å². The molecule has 1 aromatic carbocycles. The zero-order valence-corrected chi connectivity index (χ0v) is 16.9. The van der Waals surface area contributed by atoms with Crippen LogP contribution < -0.4 is 5.32 Å². The van der Waals surface area contributed by atoms with E-state index in [-0.39, 0.29) is 23.9 Å². The number of carbonyl (C=O) groups is 2. The van der Waals surface area contributed by atoms with Crippen LogP contribution in [0, 0.1) is 11.8 Å². The van der Waals surface area contributed by atoms with E-state index in [1.54, 1.807) is 0 Å². The van der Waals surface area contributed by atoms with Crippen LogP contribution in [-0.2, 0) is 4.79 Å². The second-order valence-corrected chi connectivity index (χ2v) is 8.51. The highest BCUT2D eigenvalue weighted by Crippen LogP contribution is 2.23. The van der Waals surface area contributed by atoms with Gasteiger partial charge in [0.1, 0.15) is 0 Å². The van der Waals surface area contributed by atoms with Gasteiger partial charge in [-0.25, -0.2) is 0 Å². The summed E-state index contributed by atoms with van der Waals surface area (Å²) >= 11 is 0. The SMILES string of the molecule is CC1CC(C)CN(C(=O)C(C)N2CCC(NC(=O)c3ccccc3)CC2)C1. The summed E-state index contributed by atoms with van der Waals surface area (Å²) in [4.78, 5) is 29.6. The van der Waals surface area contributed by atoms with Gasteiger partial charge in [-0.3, -0.25) is 14.5 Å². The van der Waals surface area contributed by atoms with Gasteiger partial charge in [-0.1, -0.05) is 32.0 Å². The normalized spacial score (nSPS) is 25.8. The lowest BCUT2D eigenvalue weighted by Crippen LogP contribution is -2.54. The van der Waals surface area contributed by atoms with E-state index in [1.165, 1.54) is 6.42 Å². The maximum Gasteiger partial charge on any atom is 0.251 e. The minimum atomic E-state index is -0.0757. The van der Waals surface area contributed by atoms with Crippen molar-refractivity contribution in [2.45, 2.75) is 52.1 Å². The molecule has 3 rings (SSSR count). The highest BCUT2D eigenvalue weighted by molar-refractivity contribution is 5.94. The first-order chi connectivity index (χ1) is 12.9. The van der Waals surface area contributed by atoms with Crippen molar-refractivity contribution in [3.05, 3.63) is 35.9 Å². The first-order valence-electron chi connectivity index (χ1n) is 10.3. The Kier molecular flexibility index (Phi) is 6.53. The van der Waals surface area contributed by atoms with Gasteiger partial charge in [-0.2, -0.15) is 0 Å². The molecule has 3 unspecified atom stereocenters. The summed E-state index contributed by atoms with van der Waals surface area (Å²) < 4.78 is 0. The Labute approximate surface area is 163 Å². The lowest BCUT2D eigenvalue weighted by Gasteiger charge is -2.40.